The van der Waals surface area contributed by atoms with E-state index in [0.717, 1.165) is 24.9 Å². The molecule has 1 aromatic heterocycles. The average Bonchev–Trinajstić information content (AvgIpc) is 2.94. The maximum absolute atomic E-state index is 12.1. The molecule has 126 valence electrons. The Morgan fingerprint density at radius 3 is 2.57 bits per heavy atom. The standard InChI is InChI=1S/C17H25N3O3/c1-12(21)20-10-6-7-14(20)13-8-9-15(18-11-13)19(5)16(22)23-17(2,3)4/h8-9,11,14H,6-7,10H2,1-5H3. The lowest BCUT2D eigenvalue weighted by Gasteiger charge is -2.25. The largest absolute Gasteiger partial charge is 0.443 e. The minimum absolute atomic E-state index is 0.0842. The molecule has 6 heteroatoms. The van der Waals surface area contributed by atoms with Crippen molar-refractivity contribution in [2.24, 2.45) is 0 Å². The summed E-state index contributed by atoms with van der Waals surface area (Å²) < 4.78 is 5.33. The highest BCUT2D eigenvalue weighted by Crippen LogP contribution is 2.32. The maximum Gasteiger partial charge on any atom is 0.415 e. The number of pyridine rings is 1. The molecule has 1 aliphatic rings. The van der Waals surface area contributed by atoms with Gasteiger partial charge in [0, 0.05) is 26.7 Å². The number of amides is 2. The van der Waals surface area contributed by atoms with Crippen LogP contribution in [0.15, 0.2) is 18.3 Å². The van der Waals surface area contributed by atoms with E-state index in [1.807, 2.05) is 31.7 Å². The molecule has 0 spiro atoms. The van der Waals surface area contributed by atoms with Gasteiger partial charge in [0.15, 0.2) is 0 Å². The molecule has 1 atom stereocenters. The van der Waals surface area contributed by atoms with E-state index in [1.54, 1.807) is 26.2 Å². The molecule has 1 aromatic rings. The number of rotatable bonds is 2. The summed E-state index contributed by atoms with van der Waals surface area (Å²) >= 11 is 0. The predicted molar refractivity (Wildman–Crippen MR) is 88.2 cm³/mol. The summed E-state index contributed by atoms with van der Waals surface area (Å²) in [6, 6.07) is 3.80. The van der Waals surface area contributed by atoms with Crippen LogP contribution in [0.3, 0.4) is 0 Å². The number of aromatic nitrogens is 1. The minimum Gasteiger partial charge on any atom is -0.443 e. The molecular weight excluding hydrogens is 294 g/mol. The number of carbonyl (C=O) groups excluding carboxylic acids is 2. The molecule has 0 saturated carbocycles. The van der Waals surface area contributed by atoms with Crippen molar-refractivity contribution in [3.8, 4) is 0 Å². The lowest BCUT2D eigenvalue weighted by atomic mass is 10.1. The SMILES string of the molecule is CC(=O)N1CCCC1c1ccc(N(C)C(=O)OC(C)(C)C)nc1. The molecule has 0 bridgehead atoms. The molecular formula is C17H25N3O3. The first-order valence-corrected chi connectivity index (χ1v) is 7.89. The molecule has 2 rings (SSSR count). The summed E-state index contributed by atoms with van der Waals surface area (Å²) in [5, 5.41) is 0. The fraction of sp³-hybridized carbons (Fsp3) is 0.588. The lowest BCUT2D eigenvalue weighted by molar-refractivity contribution is -0.129. The van der Waals surface area contributed by atoms with E-state index in [-0.39, 0.29) is 11.9 Å². The molecule has 6 nitrogen and oxygen atoms in total. The van der Waals surface area contributed by atoms with Crippen LogP contribution in [0.4, 0.5) is 10.6 Å². The molecule has 1 saturated heterocycles. The van der Waals surface area contributed by atoms with Crippen molar-refractivity contribution in [2.75, 3.05) is 18.5 Å². The summed E-state index contributed by atoms with van der Waals surface area (Å²) in [6.45, 7) is 7.86. The van der Waals surface area contributed by atoms with Crippen LogP contribution in [0.25, 0.3) is 0 Å². The third-order valence-electron chi connectivity index (χ3n) is 3.82. The molecule has 2 amide bonds. The third-order valence-corrected chi connectivity index (χ3v) is 3.82. The average molecular weight is 319 g/mol. The Hall–Kier alpha value is -2.11. The Kier molecular flexibility index (Phi) is 4.92. The first-order valence-electron chi connectivity index (χ1n) is 7.89. The summed E-state index contributed by atoms with van der Waals surface area (Å²) in [5.41, 5.74) is 0.455. The second kappa shape index (κ2) is 6.56. The third kappa shape index (κ3) is 4.21. The van der Waals surface area contributed by atoms with E-state index in [4.69, 9.17) is 4.74 Å². The number of hydrogen-bond donors (Lipinski definition) is 0. The second-order valence-electron chi connectivity index (χ2n) is 6.86. The van der Waals surface area contributed by atoms with Gasteiger partial charge in [0.05, 0.1) is 6.04 Å². The molecule has 2 heterocycles. The monoisotopic (exact) mass is 319 g/mol. The Bertz CT molecular complexity index is 578. The second-order valence-corrected chi connectivity index (χ2v) is 6.86. The fourth-order valence-corrected chi connectivity index (χ4v) is 2.71. The van der Waals surface area contributed by atoms with Crippen LogP contribution in [-0.4, -0.2) is 41.1 Å². The molecule has 0 N–H and O–H groups in total. The van der Waals surface area contributed by atoms with E-state index in [1.165, 1.54) is 4.90 Å². The lowest BCUT2D eigenvalue weighted by Crippen LogP contribution is -2.34. The Morgan fingerprint density at radius 1 is 1.35 bits per heavy atom. The highest BCUT2D eigenvalue weighted by molar-refractivity contribution is 5.85. The maximum atomic E-state index is 12.1. The summed E-state index contributed by atoms with van der Waals surface area (Å²) in [6.07, 6.45) is 3.25. The van der Waals surface area contributed by atoms with E-state index >= 15 is 0 Å². The minimum atomic E-state index is -0.545. The van der Waals surface area contributed by atoms with Gasteiger partial charge in [-0.3, -0.25) is 9.69 Å². The molecule has 1 unspecified atom stereocenters. The topological polar surface area (TPSA) is 62.7 Å². The van der Waals surface area contributed by atoms with Crippen molar-refractivity contribution in [1.82, 2.24) is 9.88 Å². The van der Waals surface area contributed by atoms with Gasteiger partial charge in [0.25, 0.3) is 0 Å². The van der Waals surface area contributed by atoms with Gasteiger partial charge in [-0.25, -0.2) is 9.78 Å². The van der Waals surface area contributed by atoms with Crippen LogP contribution in [-0.2, 0) is 9.53 Å². The van der Waals surface area contributed by atoms with Crippen LogP contribution in [0.2, 0.25) is 0 Å². The van der Waals surface area contributed by atoms with E-state index in [2.05, 4.69) is 4.98 Å². The van der Waals surface area contributed by atoms with Crippen LogP contribution in [0, 0.1) is 0 Å². The first kappa shape index (κ1) is 17.2. The zero-order valence-electron chi connectivity index (χ0n) is 14.5. The van der Waals surface area contributed by atoms with Crippen LogP contribution in [0.1, 0.15) is 52.1 Å². The Morgan fingerprint density at radius 2 is 2.04 bits per heavy atom. The number of ether oxygens (including phenoxy) is 1. The number of likely N-dealkylation sites (tertiary alicyclic amines) is 1. The predicted octanol–water partition coefficient (Wildman–Crippen LogP) is 3.14. The van der Waals surface area contributed by atoms with Crippen molar-refractivity contribution in [3.05, 3.63) is 23.9 Å². The van der Waals surface area contributed by atoms with Crippen LogP contribution >= 0.6 is 0 Å². The molecule has 23 heavy (non-hydrogen) atoms. The van der Waals surface area contributed by atoms with Crippen molar-refractivity contribution in [2.45, 2.75) is 52.2 Å². The fourth-order valence-electron chi connectivity index (χ4n) is 2.71. The first-order chi connectivity index (χ1) is 10.7. The molecule has 0 aromatic carbocycles. The molecule has 0 radical (unpaired) electrons. The summed E-state index contributed by atoms with van der Waals surface area (Å²) in [5.74, 6) is 0.609. The van der Waals surface area contributed by atoms with Gasteiger partial charge >= 0.3 is 6.09 Å². The van der Waals surface area contributed by atoms with Gasteiger partial charge < -0.3 is 9.64 Å². The van der Waals surface area contributed by atoms with E-state index in [9.17, 15) is 9.59 Å². The van der Waals surface area contributed by atoms with Gasteiger partial charge in [0.1, 0.15) is 11.4 Å². The molecule has 0 aliphatic carbocycles. The van der Waals surface area contributed by atoms with Gasteiger partial charge in [-0.2, -0.15) is 0 Å². The summed E-state index contributed by atoms with van der Waals surface area (Å²) in [4.78, 5) is 31.3. The van der Waals surface area contributed by atoms with Gasteiger partial charge in [-0.15, -0.1) is 0 Å². The quantitative estimate of drug-likeness (QED) is 0.840. The summed E-state index contributed by atoms with van der Waals surface area (Å²) in [7, 11) is 1.63. The zero-order valence-corrected chi connectivity index (χ0v) is 14.5. The van der Waals surface area contributed by atoms with Gasteiger partial charge in [-0.05, 0) is 45.2 Å². The van der Waals surface area contributed by atoms with Crippen molar-refractivity contribution < 1.29 is 14.3 Å². The van der Waals surface area contributed by atoms with Crippen molar-refractivity contribution in [1.29, 1.82) is 0 Å². The smallest absolute Gasteiger partial charge is 0.415 e. The zero-order chi connectivity index (χ0) is 17.2. The highest BCUT2D eigenvalue weighted by atomic mass is 16.6. The number of anilines is 1. The van der Waals surface area contributed by atoms with Gasteiger partial charge in [0.2, 0.25) is 5.91 Å². The van der Waals surface area contributed by atoms with Gasteiger partial charge in [-0.1, -0.05) is 6.07 Å². The van der Waals surface area contributed by atoms with Crippen LogP contribution in [0.5, 0.6) is 0 Å². The van der Waals surface area contributed by atoms with Crippen molar-refractivity contribution >= 4 is 17.8 Å². The number of hydrogen-bond acceptors (Lipinski definition) is 4. The Labute approximate surface area is 137 Å². The molecule has 1 aliphatic heterocycles. The van der Waals surface area contributed by atoms with E-state index in [0.29, 0.717) is 5.82 Å². The highest BCUT2D eigenvalue weighted by Gasteiger charge is 2.28. The normalized spacial score (nSPS) is 18.0. The number of carbonyl (C=O) groups is 2. The van der Waals surface area contributed by atoms with E-state index < -0.39 is 11.7 Å². The number of nitrogens with zero attached hydrogens (tertiary/aromatic N) is 3. The molecule has 1 fully saturated rings. The Balaban J connectivity index is 2.10. The van der Waals surface area contributed by atoms with Crippen LogP contribution < -0.4 is 4.90 Å². The van der Waals surface area contributed by atoms with Crippen molar-refractivity contribution in [3.63, 3.8) is 0 Å².